The number of fused-ring (bicyclic) bond motifs is 1. The molecule has 180 valence electrons. The van der Waals surface area contributed by atoms with Crippen LogP contribution in [0.4, 0.5) is 0 Å². The number of nitrogens with zero attached hydrogens (tertiary/aromatic N) is 2. The van der Waals surface area contributed by atoms with Crippen LogP contribution in [0.3, 0.4) is 0 Å². The van der Waals surface area contributed by atoms with Crippen molar-refractivity contribution in [3.05, 3.63) is 108 Å². The fourth-order valence-electron chi connectivity index (χ4n) is 4.02. The molecule has 5 aromatic rings. The first kappa shape index (κ1) is 24.3. The van der Waals surface area contributed by atoms with E-state index in [0.717, 1.165) is 27.8 Å². The molecule has 0 radical (unpaired) electrons. The smallest absolute Gasteiger partial charge is 0.254 e. The van der Waals surface area contributed by atoms with Gasteiger partial charge in [-0.2, -0.15) is 0 Å². The van der Waals surface area contributed by atoms with Gasteiger partial charge in [0.25, 0.3) is 5.91 Å². The molecule has 36 heavy (non-hydrogen) atoms. The number of aromatic amines is 1. The molecule has 0 aliphatic rings. The highest BCUT2D eigenvalue weighted by Crippen LogP contribution is 2.23. The van der Waals surface area contributed by atoms with Gasteiger partial charge in [-0.25, -0.2) is 4.98 Å². The number of para-hydroxylation sites is 1. The lowest BCUT2D eigenvalue weighted by molar-refractivity contribution is -0.119. The molecule has 0 spiro atoms. The van der Waals surface area contributed by atoms with Gasteiger partial charge in [0.05, 0.1) is 11.1 Å². The Morgan fingerprint density at radius 2 is 1.53 bits per heavy atom. The molecule has 2 amide bonds. The molecule has 0 saturated carbocycles. The summed E-state index contributed by atoms with van der Waals surface area (Å²) in [7, 11) is 0. The van der Waals surface area contributed by atoms with E-state index in [-0.39, 0.29) is 13.8 Å². The van der Waals surface area contributed by atoms with Crippen molar-refractivity contribution in [3.63, 3.8) is 0 Å². The predicted molar refractivity (Wildman–Crippen MR) is 142 cm³/mol. The van der Waals surface area contributed by atoms with Gasteiger partial charge in [0.2, 0.25) is 5.91 Å². The van der Waals surface area contributed by atoms with Crippen molar-refractivity contribution in [2.45, 2.75) is 19.9 Å². The highest BCUT2D eigenvalue weighted by atomic mass is 16.2. The summed E-state index contributed by atoms with van der Waals surface area (Å²) in [6.07, 6.45) is 3.65. The molecule has 3 aromatic carbocycles. The van der Waals surface area contributed by atoms with Gasteiger partial charge in [-0.1, -0.05) is 68.1 Å². The van der Waals surface area contributed by atoms with E-state index < -0.39 is 17.9 Å². The number of carbonyl (C=O) groups excluding carboxylic acids is 2. The summed E-state index contributed by atoms with van der Waals surface area (Å²) in [4.78, 5) is 37.2. The summed E-state index contributed by atoms with van der Waals surface area (Å²) in [6, 6.07) is 26.0. The number of imidazole rings is 1. The highest BCUT2D eigenvalue weighted by Gasteiger charge is 2.22. The zero-order chi connectivity index (χ0) is 24.2. The maximum atomic E-state index is 13.2. The van der Waals surface area contributed by atoms with E-state index in [1.54, 1.807) is 24.5 Å². The normalized spacial score (nSPS) is 11.4. The first-order valence-corrected chi connectivity index (χ1v) is 11.2. The molecular formula is C29H27N5O2. The van der Waals surface area contributed by atoms with Crippen LogP contribution in [-0.2, 0) is 11.2 Å². The Morgan fingerprint density at radius 1 is 0.833 bits per heavy atom. The Morgan fingerprint density at radius 3 is 2.22 bits per heavy atom. The van der Waals surface area contributed by atoms with Crippen LogP contribution in [-0.4, -0.2) is 32.8 Å². The first-order valence-electron chi connectivity index (χ1n) is 11.2. The number of hydrogen-bond donors (Lipinski definition) is 3. The maximum absolute atomic E-state index is 13.2. The van der Waals surface area contributed by atoms with Gasteiger partial charge in [-0.3, -0.25) is 14.6 Å². The molecule has 0 aliphatic carbocycles. The second-order valence-electron chi connectivity index (χ2n) is 8.22. The monoisotopic (exact) mass is 477 g/mol. The number of amides is 2. The summed E-state index contributed by atoms with van der Waals surface area (Å²) in [5.74, 6) is -0.377. The van der Waals surface area contributed by atoms with E-state index in [1.165, 1.54) is 0 Å². The number of nitrogens with one attached hydrogen (secondary N) is 2. The van der Waals surface area contributed by atoms with Crippen molar-refractivity contribution < 1.29 is 9.59 Å². The molecule has 4 N–H and O–H groups in total. The molecular weight excluding hydrogens is 450 g/mol. The number of carbonyl (C=O) groups is 2. The molecule has 1 atom stereocenters. The van der Waals surface area contributed by atoms with E-state index in [0.29, 0.717) is 16.9 Å². The Bertz CT molecular complexity index is 1480. The molecule has 7 heteroatoms. The lowest BCUT2D eigenvalue weighted by Gasteiger charge is -2.16. The Hall–Kier alpha value is -4.78. The van der Waals surface area contributed by atoms with Gasteiger partial charge in [0, 0.05) is 24.4 Å². The Balaban J connectivity index is 0.00000304. The Kier molecular flexibility index (Phi) is 7.20. The topological polar surface area (TPSA) is 114 Å². The number of aromatic nitrogens is 3. The molecule has 2 aromatic heterocycles. The maximum Gasteiger partial charge on any atom is 0.254 e. The van der Waals surface area contributed by atoms with Crippen LogP contribution in [0.5, 0.6) is 0 Å². The van der Waals surface area contributed by atoms with Gasteiger partial charge in [-0.15, -0.1) is 0 Å². The van der Waals surface area contributed by atoms with E-state index >= 15 is 0 Å². The van der Waals surface area contributed by atoms with E-state index in [4.69, 9.17) is 5.73 Å². The molecule has 2 heterocycles. The van der Waals surface area contributed by atoms with Gasteiger partial charge < -0.3 is 16.0 Å². The number of benzene rings is 3. The van der Waals surface area contributed by atoms with Crippen LogP contribution in [0, 0.1) is 0 Å². The van der Waals surface area contributed by atoms with Crippen LogP contribution in [0.15, 0.2) is 97.3 Å². The van der Waals surface area contributed by atoms with Crippen molar-refractivity contribution in [2.75, 3.05) is 0 Å². The van der Waals surface area contributed by atoms with Crippen LogP contribution >= 0.6 is 0 Å². The first-order chi connectivity index (χ1) is 17.1. The average Bonchev–Trinajstić information content (AvgIpc) is 3.34. The molecule has 0 fully saturated rings. The predicted octanol–water partition coefficient (Wildman–Crippen LogP) is 4.75. The van der Waals surface area contributed by atoms with Gasteiger partial charge in [0.1, 0.15) is 17.4 Å². The third-order valence-corrected chi connectivity index (χ3v) is 5.86. The van der Waals surface area contributed by atoms with Gasteiger partial charge in [0.15, 0.2) is 0 Å². The molecule has 0 aliphatic heterocycles. The van der Waals surface area contributed by atoms with Crippen LogP contribution < -0.4 is 11.1 Å². The minimum Gasteiger partial charge on any atom is -0.368 e. The number of nitrogens with two attached hydrogens (primary N) is 1. The summed E-state index contributed by atoms with van der Waals surface area (Å²) in [6.45, 7) is 0. The quantitative estimate of drug-likeness (QED) is 0.314. The lowest BCUT2D eigenvalue weighted by atomic mass is 10.00. The highest BCUT2D eigenvalue weighted by molar-refractivity contribution is 6.06. The summed E-state index contributed by atoms with van der Waals surface area (Å²) >= 11 is 0. The van der Waals surface area contributed by atoms with Crippen LogP contribution in [0.2, 0.25) is 0 Å². The van der Waals surface area contributed by atoms with Gasteiger partial charge >= 0.3 is 0 Å². The average molecular weight is 478 g/mol. The fraction of sp³-hybridized carbons (Fsp3) is 0.103. The Labute approximate surface area is 209 Å². The van der Waals surface area contributed by atoms with Crippen LogP contribution in [0.25, 0.3) is 33.5 Å². The van der Waals surface area contributed by atoms with Crippen LogP contribution in [0.1, 0.15) is 23.3 Å². The largest absolute Gasteiger partial charge is 0.368 e. The zero-order valence-electron chi connectivity index (χ0n) is 18.8. The van der Waals surface area contributed by atoms with Gasteiger partial charge in [-0.05, 0) is 41.0 Å². The van der Waals surface area contributed by atoms with Crippen molar-refractivity contribution in [1.82, 2.24) is 20.3 Å². The standard InChI is InChI=1S/C28H23N5O2.CH4/c29-26(34)24(17-18-9-11-20(12-10-18)19-5-2-1-3-6-19)32-28(35)22-7-4-8-23-25(22)33-27(31-23)21-13-15-30-16-14-21;/h1-16,24H,17H2,(H2,29,34)(H,31,33)(H,32,35);1H4/t24-;/m0./s1. The summed E-state index contributed by atoms with van der Waals surface area (Å²) in [5.41, 5.74) is 11.2. The minimum absolute atomic E-state index is 0. The van der Waals surface area contributed by atoms with Crippen molar-refractivity contribution in [1.29, 1.82) is 0 Å². The molecule has 5 rings (SSSR count). The third kappa shape index (κ3) is 5.15. The van der Waals surface area contributed by atoms with E-state index in [1.807, 2.05) is 72.8 Å². The number of rotatable bonds is 7. The number of pyridine rings is 1. The number of primary amides is 1. The molecule has 0 saturated heterocycles. The van der Waals surface area contributed by atoms with Crippen molar-refractivity contribution in [3.8, 4) is 22.5 Å². The fourth-order valence-corrected chi connectivity index (χ4v) is 4.02. The molecule has 0 bridgehead atoms. The third-order valence-electron chi connectivity index (χ3n) is 5.86. The summed E-state index contributed by atoms with van der Waals surface area (Å²) in [5, 5.41) is 2.79. The second kappa shape index (κ2) is 10.7. The van der Waals surface area contributed by atoms with E-state index in [2.05, 4.69) is 20.3 Å². The van der Waals surface area contributed by atoms with E-state index in [9.17, 15) is 9.59 Å². The lowest BCUT2D eigenvalue weighted by Crippen LogP contribution is -2.45. The van der Waals surface area contributed by atoms with Crippen molar-refractivity contribution >= 4 is 22.8 Å². The second-order valence-corrected chi connectivity index (χ2v) is 8.22. The number of hydrogen-bond acceptors (Lipinski definition) is 4. The molecule has 0 unspecified atom stereocenters. The minimum atomic E-state index is -0.862. The summed E-state index contributed by atoms with van der Waals surface area (Å²) < 4.78 is 0. The SMILES string of the molecule is C.NC(=O)[C@H](Cc1ccc(-c2ccccc2)cc1)NC(=O)c1cccc2[nH]c(-c3ccncc3)nc12. The van der Waals surface area contributed by atoms with Crippen molar-refractivity contribution in [2.24, 2.45) is 5.73 Å². The zero-order valence-corrected chi connectivity index (χ0v) is 18.8. The molecule has 7 nitrogen and oxygen atoms in total. The number of H-pyrrole nitrogens is 1.